The second-order valence-corrected chi connectivity index (χ2v) is 9.34. The Kier molecular flexibility index (Phi) is 7.96. The fourth-order valence-corrected chi connectivity index (χ4v) is 3.88. The quantitative estimate of drug-likeness (QED) is 0.276. The SMILES string of the molecule is C[C@H]1CC1CNc1cc(C(=O)N[C@H](CCNCC#CC2CC2)Cc2ccccc2)cc(F)n1. The van der Waals surface area contributed by atoms with E-state index in [-0.39, 0.29) is 17.5 Å². The number of carbonyl (C=O) groups excluding carboxylic acids is 1. The number of hydrogen-bond acceptors (Lipinski definition) is 4. The topological polar surface area (TPSA) is 66.1 Å². The summed E-state index contributed by atoms with van der Waals surface area (Å²) in [5.74, 6) is 7.79. The number of hydrogen-bond donors (Lipinski definition) is 3. The van der Waals surface area contributed by atoms with Gasteiger partial charge in [-0.2, -0.15) is 4.39 Å². The monoisotopic (exact) mass is 448 g/mol. The fraction of sp³-hybridized carbons (Fsp3) is 0.481. The number of benzene rings is 1. The van der Waals surface area contributed by atoms with Crippen LogP contribution in [0.2, 0.25) is 0 Å². The van der Waals surface area contributed by atoms with Gasteiger partial charge in [0.05, 0.1) is 6.54 Å². The van der Waals surface area contributed by atoms with E-state index < -0.39 is 5.95 Å². The van der Waals surface area contributed by atoms with E-state index in [4.69, 9.17) is 0 Å². The van der Waals surface area contributed by atoms with Crippen molar-refractivity contribution in [3.8, 4) is 11.8 Å². The van der Waals surface area contributed by atoms with Crippen molar-refractivity contribution < 1.29 is 9.18 Å². The summed E-state index contributed by atoms with van der Waals surface area (Å²) in [4.78, 5) is 16.9. The van der Waals surface area contributed by atoms with Gasteiger partial charge in [0, 0.05) is 30.1 Å². The van der Waals surface area contributed by atoms with Crippen LogP contribution in [0.15, 0.2) is 42.5 Å². The Morgan fingerprint density at radius 3 is 2.76 bits per heavy atom. The van der Waals surface area contributed by atoms with Gasteiger partial charge < -0.3 is 16.0 Å². The summed E-state index contributed by atoms with van der Waals surface area (Å²) in [6.45, 7) is 4.36. The third-order valence-corrected chi connectivity index (χ3v) is 6.30. The first kappa shape index (κ1) is 23.3. The molecule has 0 saturated heterocycles. The van der Waals surface area contributed by atoms with Crippen molar-refractivity contribution in [2.75, 3.05) is 25.0 Å². The summed E-state index contributed by atoms with van der Waals surface area (Å²) in [5, 5.41) is 9.63. The molecule has 2 aliphatic rings. The molecule has 174 valence electrons. The predicted octanol–water partition coefficient (Wildman–Crippen LogP) is 4.02. The standard InChI is InChI=1S/C27H33FN4O/c1-19-14-23(19)18-30-26-17-22(16-25(28)32-26)27(33)31-24(15-21-6-3-2-4-7-21)11-13-29-12-5-8-20-9-10-20/h2-4,6-7,16-17,19-20,23-24,29H,9-15,18H2,1H3,(H,30,32)(H,31,33)/t19-,23?,24+/m0/s1. The van der Waals surface area contributed by atoms with E-state index >= 15 is 0 Å². The van der Waals surface area contributed by atoms with Gasteiger partial charge in [0.15, 0.2) is 0 Å². The van der Waals surface area contributed by atoms with Crippen molar-refractivity contribution in [2.24, 2.45) is 17.8 Å². The highest BCUT2D eigenvalue weighted by Gasteiger charge is 2.32. The molecule has 1 heterocycles. The Bertz CT molecular complexity index is 996. The lowest BCUT2D eigenvalue weighted by atomic mass is 10.0. The molecular formula is C27H33FN4O. The van der Waals surface area contributed by atoms with Crippen LogP contribution in [0.5, 0.6) is 0 Å². The van der Waals surface area contributed by atoms with Gasteiger partial charge in [-0.1, -0.05) is 49.1 Å². The van der Waals surface area contributed by atoms with Crippen LogP contribution >= 0.6 is 0 Å². The molecule has 0 spiro atoms. The number of aromatic nitrogens is 1. The van der Waals surface area contributed by atoms with Crippen LogP contribution in [-0.2, 0) is 6.42 Å². The minimum absolute atomic E-state index is 0.0799. The van der Waals surface area contributed by atoms with Gasteiger partial charge >= 0.3 is 0 Å². The second kappa shape index (κ2) is 11.3. The first-order valence-electron chi connectivity index (χ1n) is 12.0. The van der Waals surface area contributed by atoms with Crippen LogP contribution < -0.4 is 16.0 Å². The Labute approximate surface area is 196 Å². The van der Waals surface area contributed by atoms with E-state index in [2.05, 4.69) is 51.8 Å². The van der Waals surface area contributed by atoms with Crippen LogP contribution in [0, 0.1) is 35.5 Å². The Balaban J connectivity index is 1.34. The van der Waals surface area contributed by atoms with Crippen molar-refractivity contribution in [3.05, 3.63) is 59.5 Å². The normalized spacial score (nSPS) is 19.8. The molecule has 1 aromatic heterocycles. The molecule has 3 atom stereocenters. The molecule has 0 radical (unpaired) electrons. The van der Waals surface area contributed by atoms with Crippen LogP contribution in [0.4, 0.5) is 10.2 Å². The summed E-state index contributed by atoms with van der Waals surface area (Å²) < 4.78 is 14.1. The molecule has 2 saturated carbocycles. The molecule has 33 heavy (non-hydrogen) atoms. The summed E-state index contributed by atoms with van der Waals surface area (Å²) in [7, 11) is 0. The Hall–Kier alpha value is -2.91. The lowest BCUT2D eigenvalue weighted by Crippen LogP contribution is -2.38. The number of pyridine rings is 1. The lowest BCUT2D eigenvalue weighted by molar-refractivity contribution is 0.0934. The van der Waals surface area contributed by atoms with Crippen molar-refractivity contribution in [2.45, 2.75) is 45.1 Å². The van der Waals surface area contributed by atoms with E-state index in [9.17, 15) is 9.18 Å². The summed E-state index contributed by atoms with van der Waals surface area (Å²) in [5.41, 5.74) is 1.44. The Morgan fingerprint density at radius 2 is 2.03 bits per heavy atom. The van der Waals surface area contributed by atoms with Crippen LogP contribution in [0.3, 0.4) is 0 Å². The summed E-state index contributed by atoms with van der Waals surface area (Å²) in [6.07, 6.45) is 5.09. The maximum absolute atomic E-state index is 14.1. The molecule has 6 heteroatoms. The van der Waals surface area contributed by atoms with E-state index in [1.165, 1.54) is 25.3 Å². The molecule has 0 bridgehead atoms. The number of amides is 1. The van der Waals surface area contributed by atoms with E-state index in [1.54, 1.807) is 6.07 Å². The van der Waals surface area contributed by atoms with Gasteiger partial charge in [0.2, 0.25) is 5.95 Å². The zero-order valence-electron chi connectivity index (χ0n) is 19.2. The zero-order valence-corrected chi connectivity index (χ0v) is 19.2. The largest absolute Gasteiger partial charge is 0.370 e. The summed E-state index contributed by atoms with van der Waals surface area (Å²) >= 11 is 0. The molecule has 1 aromatic carbocycles. The first-order valence-corrected chi connectivity index (χ1v) is 12.0. The minimum atomic E-state index is -0.649. The second-order valence-electron chi connectivity index (χ2n) is 9.34. The van der Waals surface area contributed by atoms with Gasteiger partial charge in [-0.15, -0.1) is 0 Å². The fourth-order valence-electron chi connectivity index (χ4n) is 3.88. The Morgan fingerprint density at radius 1 is 1.24 bits per heavy atom. The van der Waals surface area contributed by atoms with Crippen molar-refractivity contribution in [1.82, 2.24) is 15.6 Å². The van der Waals surface area contributed by atoms with Crippen LogP contribution in [0.1, 0.15) is 48.5 Å². The molecule has 3 N–H and O–H groups in total. The van der Waals surface area contributed by atoms with Crippen LogP contribution in [-0.4, -0.2) is 36.6 Å². The molecule has 2 aromatic rings. The molecular weight excluding hydrogens is 415 g/mol. The van der Waals surface area contributed by atoms with E-state index in [0.717, 1.165) is 25.1 Å². The van der Waals surface area contributed by atoms with Gasteiger partial charge in [0.25, 0.3) is 5.91 Å². The van der Waals surface area contributed by atoms with Crippen LogP contribution in [0.25, 0.3) is 0 Å². The molecule has 2 aliphatic carbocycles. The first-order chi connectivity index (χ1) is 16.1. The van der Waals surface area contributed by atoms with Gasteiger partial charge in [-0.05, 0) is 62.1 Å². The van der Waals surface area contributed by atoms with Gasteiger partial charge in [-0.3, -0.25) is 4.79 Å². The van der Waals surface area contributed by atoms with E-state index in [1.807, 2.05) is 18.2 Å². The maximum Gasteiger partial charge on any atom is 0.251 e. The minimum Gasteiger partial charge on any atom is -0.370 e. The molecule has 2 fully saturated rings. The number of nitrogens with one attached hydrogen (secondary N) is 3. The molecule has 0 aliphatic heterocycles. The highest BCUT2D eigenvalue weighted by atomic mass is 19.1. The highest BCUT2D eigenvalue weighted by molar-refractivity contribution is 5.95. The third kappa shape index (κ3) is 7.87. The van der Waals surface area contributed by atoms with Crippen molar-refractivity contribution >= 4 is 11.7 Å². The smallest absolute Gasteiger partial charge is 0.251 e. The number of anilines is 1. The number of nitrogens with zero attached hydrogens (tertiary/aromatic N) is 1. The average Bonchev–Trinajstić information content (AvgIpc) is 3.73. The number of carbonyl (C=O) groups is 1. The van der Waals surface area contributed by atoms with Crippen molar-refractivity contribution in [1.29, 1.82) is 0 Å². The zero-order chi connectivity index (χ0) is 23.0. The average molecular weight is 449 g/mol. The molecule has 1 amide bonds. The number of halogens is 1. The van der Waals surface area contributed by atoms with Gasteiger partial charge in [-0.25, -0.2) is 4.98 Å². The third-order valence-electron chi connectivity index (χ3n) is 6.30. The molecule has 4 rings (SSSR count). The molecule has 1 unspecified atom stereocenters. The summed E-state index contributed by atoms with van der Waals surface area (Å²) in [6, 6.07) is 12.8. The highest BCUT2D eigenvalue weighted by Crippen LogP contribution is 2.37. The van der Waals surface area contributed by atoms with Gasteiger partial charge in [0.1, 0.15) is 5.82 Å². The van der Waals surface area contributed by atoms with Crippen molar-refractivity contribution in [3.63, 3.8) is 0 Å². The maximum atomic E-state index is 14.1. The molecule has 5 nitrogen and oxygen atoms in total. The number of rotatable bonds is 11. The lowest BCUT2D eigenvalue weighted by Gasteiger charge is -2.19. The predicted molar refractivity (Wildman–Crippen MR) is 129 cm³/mol. The van der Waals surface area contributed by atoms with E-state index in [0.29, 0.717) is 36.5 Å².